The van der Waals surface area contributed by atoms with Gasteiger partial charge in [0.1, 0.15) is 13.4 Å². The molecule has 0 fully saturated rings. The van der Waals surface area contributed by atoms with Crippen LogP contribution >= 0.6 is 12.2 Å². The number of nitrogens with zero attached hydrogens (tertiary/aromatic N) is 2. The third-order valence-electron chi connectivity index (χ3n) is 1.13. The Morgan fingerprint density at radius 1 is 1.83 bits per heavy atom. The van der Waals surface area contributed by atoms with E-state index in [4.69, 9.17) is 12.2 Å². The minimum Gasteiger partial charge on any atom is -0.398 e. The first kappa shape index (κ1) is 8.66. The lowest BCUT2D eigenvalue weighted by Gasteiger charge is -1.95. The molecule has 1 rings (SSSR count). The number of aromatic nitrogens is 2. The topological polar surface area (TPSA) is 59.4 Å². The van der Waals surface area contributed by atoms with Crippen molar-refractivity contribution in [2.45, 2.75) is 0 Å². The van der Waals surface area contributed by atoms with E-state index >= 15 is 0 Å². The summed E-state index contributed by atoms with van der Waals surface area (Å²) in [5.41, 5.74) is -0.234. The van der Waals surface area contributed by atoms with Gasteiger partial charge in [-0.25, -0.2) is 0 Å². The molecule has 5 nitrogen and oxygen atoms in total. The molecule has 6 heteroatoms. The molecule has 0 aromatic carbocycles. The van der Waals surface area contributed by atoms with E-state index in [1.54, 1.807) is 0 Å². The van der Waals surface area contributed by atoms with Gasteiger partial charge in [-0.3, -0.25) is 14.3 Å². The predicted molar refractivity (Wildman–Crippen MR) is 46.8 cm³/mol. The number of nitrogens with one attached hydrogen (secondary N) is 1. The Hall–Kier alpha value is -1.43. The molecule has 0 aliphatic rings. The zero-order valence-corrected chi connectivity index (χ0v) is 7.17. The molecule has 1 aromatic heterocycles. The van der Waals surface area contributed by atoms with Crippen molar-refractivity contribution in [3.05, 3.63) is 27.4 Å². The third-order valence-corrected chi connectivity index (χ3v) is 1.44. The van der Waals surface area contributed by atoms with Crippen LogP contribution in [0.4, 0.5) is 0 Å². The Morgan fingerprint density at radius 3 is 3.17 bits per heavy atom. The molecule has 0 saturated heterocycles. The molecule has 1 N–H and O–H groups in total. The number of rotatable bonds is 2. The van der Waals surface area contributed by atoms with Crippen LogP contribution < -0.4 is 5.56 Å². The van der Waals surface area contributed by atoms with Gasteiger partial charge in [-0.15, -0.1) is 0 Å². The molecule has 0 saturated carbocycles. The van der Waals surface area contributed by atoms with Crippen molar-refractivity contribution in [3.63, 3.8) is 0 Å². The van der Waals surface area contributed by atoms with Gasteiger partial charge in [0.2, 0.25) is 0 Å². The molecule has 12 heavy (non-hydrogen) atoms. The molecule has 0 unspecified atom stereocenters. The average molecular weight is 185 g/mol. The molecule has 0 aliphatic carbocycles. The maximum Gasteiger partial charge on any atom is 0.251 e. The van der Waals surface area contributed by atoms with Crippen molar-refractivity contribution in [1.29, 1.82) is 0 Å². The second-order valence-electron chi connectivity index (χ2n) is 1.92. The highest BCUT2D eigenvalue weighted by atomic mass is 32.1. The lowest BCUT2D eigenvalue weighted by molar-refractivity contribution is 0.214. The molecule has 1 aromatic rings. The van der Waals surface area contributed by atoms with Crippen LogP contribution in [-0.2, 0) is 4.84 Å². The van der Waals surface area contributed by atoms with Crippen LogP contribution in [0.25, 0.3) is 0 Å². The molecule has 64 valence electrons. The fourth-order valence-corrected chi connectivity index (χ4v) is 0.825. The molecule has 0 amide bonds. The average Bonchev–Trinajstić information content (AvgIpc) is 2.03. The van der Waals surface area contributed by atoms with Gasteiger partial charge in [-0.2, -0.15) is 0 Å². The van der Waals surface area contributed by atoms with Gasteiger partial charge >= 0.3 is 0 Å². The van der Waals surface area contributed by atoms with Crippen molar-refractivity contribution >= 4 is 18.6 Å². The molecule has 0 aliphatic heterocycles. The Morgan fingerprint density at radius 2 is 2.58 bits per heavy atom. The fraction of sp³-hybridized carbons (Fsp3) is 0.167. The summed E-state index contributed by atoms with van der Waals surface area (Å²) in [5, 5.41) is 3.48. The van der Waals surface area contributed by atoms with Crippen LogP contribution in [0.1, 0.15) is 0 Å². The predicted octanol–water partition coefficient (Wildman–Crippen LogP) is 0.344. The summed E-state index contributed by atoms with van der Waals surface area (Å²) in [6.45, 7) is 0. The highest BCUT2D eigenvalue weighted by Crippen LogP contribution is 1.80. The first-order chi connectivity index (χ1) is 5.74. The number of hydrogen-bond donors (Lipinski definition) is 1. The second-order valence-corrected chi connectivity index (χ2v) is 2.31. The SMILES string of the molecule is CON=Cn1ccc(=O)[nH]c1=S. The van der Waals surface area contributed by atoms with Gasteiger partial charge in [-0.1, -0.05) is 5.16 Å². The quantitative estimate of drug-likeness (QED) is 0.313. The second kappa shape index (κ2) is 3.82. The van der Waals surface area contributed by atoms with Gasteiger partial charge in [0, 0.05) is 12.3 Å². The highest BCUT2D eigenvalue weighted by molar-refractivity contribution is 7.71. The van der Waals surface area contributed by atoms with Crippen LogP contribution in [0.3, 0.4) is 0 Å². The molecule has 0 radical (unpaired) electrons. The van der Waals surface area contributed by atoms with E-state index in [0.717, 1.165) is 0 Å². The summed E-state index contributed by atoms with van der Waals surface area (Å²) in [5.74, 6) is 0. The van der Waals surface area contributed by atoms with Crippen molar-refractivity contribution in [2.24, 2.45) is 5.16 Å². The molecule has 0 spiro atoms. The van der Waals surface area contributed by atoms with Gasteiger partial charge in [0.15, 0.2) is 4.77 Å². The number of H-pyrrole nitrogens is 1. The number of oxime groups is 1. The fourth-order valence-electron chi connectivity index (χ4n) is 0.616. The summed E-state index contributed by atoms with van der Waals surface area (Å²) >= 11 is 4.81. The van der Waals surface area contributed by atoms with E-state index in [-0.39, 0.29) is 10.3 Å². The standard InChI is InChI=1S/C6H7N3O2S/c1-11-7-4-9-3-2-5(10)8-6(9)12/h2-4H,1H3,(H,8,10,12). The van der Waals surface area contributed by atoms with E-state index in [0.29, 0.717) is 0 Å². The van der Waals surface area contributed by atoms with Gasteiger partial charge in [0.25, 0.3) is 5.56 Å². The number of hydrogen-bond acceptors (Lipinski definition) is 4. The van der Waals surface area contributed by atoms with Crippen LogP contribution in [-0.4, -0.2) is 23.0 Å². The Labute approximate surface area is 73.3 Å². The molecular formula is C6H7N3O2S. The van der Waals surface area contributed by atoms with Crippen molar-refractivity contribution in [2.75, 3.05) is 7.11 Å². The smallest absolute Gasteiger partial charge is 0.251 e. The van der Waals surface area contributed by atoms with Crippen LogP contribution in [0, 0.1) is 4.77 Å². The molecule has 1 heterocycles. The van der Waals surface area contributed by atoms with Gasteiger partial charge in [-0.05, 0) is 12.2 Å². The summed E-state index contributed by atoms with van der Waals surface area (Å²) in [6.07, 6.45) is 2.86. The Balaban J connectivity index is 3.11. The van der Waals surface area contributed by atoms with Gasteiger partial charge in [0.05, 0.1) is 0 Å². The lowest BCUT2D eigenvalue weighted by Crippen LogP contribution is -2.10. The Bertz CT molecular complexity index is 392. The van der Waals surface area contributed by atoms with Crippen LogP contribution in [0.5, 0.6) is 0 Å². The van der Waals surface area contributed by atoms with Crippen molar-refractivity contribution in [3.8, 4) is 0 Å². The van der Waals surface area contributed by atoms with E-state index in [1.165, 1.54) is 30.3 Å². The summed E-state index contributed by atoms with van der Waals surface area (Å²) < 4.78 is 1.74. The van der Waals surface area contributed by atoms with Crippen molar-refractivity contribution < 1.29 is 4.84 Å². The van der Waals surface area contributed by atoms with Crippen LogP contribution in [0.2, 0.25) is 0 Å². The maximum atomic E-state index is 10.7. The van der Waals surface area contributed by atoms with Crippen LogP contribution in [0.15, 0.2) is 22.2 Å². The summed E-state index contributed by atoms with van der Waals surface area (Å²) in [4.78, 5) is 17.6. The normalized spacial score (nSPS) is 10.4. The zero-order valence-electron chi connectivity index (χ0n) is 6.35. The largest absolute Gasteiger partial charge is 0.398 e. The first-order valence-corrected chi connectivity index (χ1v) is 3.53. The van der Waals surface area contributed by atoms with Gasteiger partial charge < -0.3 is 4.84 Å². The monoisotopic (exact) mass is 185 g/mol. The zero-order chi connectivity index (χ0) is 8.97. The maximum absolute atomic E-state index is 10.7. The first-order valence-electron chi connectivity index (χ1n) is 3.12. The van der Waals surface area contributed by atoms with E-state index < -0.39 is 0 Å². The summed E-state index contributed by atoms with van der Waals surface area (Å²) in [6, 6.07) is 1.34. The Kier molecular flexibility index (Phi) is 2.76. The number of aromatic amines is 1. The minimum absolute atomic E-state index is 0.234. The molecule has 0 atom stereocenters. The molecular weight excluding hydrogens is 178 g/mol. The van der Waals surface area contributed by atoms with E-state index in [9.17, 15) is 4.79 Å². The highest BCUT2D eigenvalue weighted by Gasteiger charge is 1.87. The van der Waals surface area contributed by atoms with E-state index in [1.807, 2.05) is 0 Å². The third kappa shape index (κ3) is 2.03. The van der Waals surface area contributed by atoms with Crippen molar-refractivity contribution in [1.82, 2.24) is 9.55 Å². The lowest BCUT2D eigenvalue weighted by atomic mass is 10.6. The molecule has 0 bridgehead atoms. The summed E-state index contributed by atoms with van der Waals surface area (Å²) in [7, 11) is 1.42. The minimum atomic E-state index is -0.234. The van der Waals surface area contributed by atoms with E-state index in [2.05, 4.69) is 15.0 Å².